The fourth-order valence-corrected chi connectivity index (χ4v) is 9.29. The quantitative estimate of drug-likeness (QED) is 0.158. The molecule has 0 spiro atoms. The number of fused-ring (bicyclic) bond motifs is 9. The van der Waals surface area contributed by atoms with Crippen LogP contribution in [-0.4, -0.2) is 4.57 Å². The molecule has 12 aromatic rings. The van der Waals surface area contributed by atoms with E-state index in [0.29, 0.717) is 0 Å². The van der Waals surface area contributed by atoms with Crippen molar-refractivity contribution in [2.45, 2.75) is 0 Å². The van der Waals surface area contributed by atoms with Crippen LogP contribution in [-0.2, 0) is 0 Å². The van der Waals surface area contributed by atoms with Gasteiger partial charge >= 0.3 is 0 Å². The van der Waals surface area contributed by atoms with Crippen LogP contribution >= 0.6 is 0 Å². The van der Waals surface area contributed by atoms with Crippen molar-refractivity contribution in [1.82, 2.24) is 4.57 Å². The Labute approximate surface area is 341 Å². The first-order chi connectivity index (χ1) is 29.3. The van der Waals surface area contributed by atoms with Crippen LogP contribution in [0.4, 0.5) is 17.1 Å². The highest BCUT2D eigenvalue weighted by molar-refractivity contribution is 6.21. The Morgan fingerprint density at radius 2 is 1.00 bits per heavy atom. The molecule has 0 amide bonds. The van der Waals surface area contributed by atoms with E-state index in [1.807, 2.05) is 0 Å². The van der Waals surface area contributed by atoms with Crippen molar-refractivity contribution in [3.63, 3.8) is 0 Å². The summed E-state index contributed by atoms with van der Waals surface area (Å²) in [5, 5.41) is 9.45. The second-order valence-electron chi connectivity index (χ2n) is 15.3. The summed E-state index contributed by atoms with van der Waals surface area (Å²) in [5.74, 6) is 0. The van der Waals surface area contributed by atoms with Crippen molar-refractivity contribution in [1.29, 1.82) is 0 Å². The van der Waals surface area contributed by atoms with Gasteiger partial charge in [0.1, 0.15) is 11.2 Å². The molecule has 2 heterocycles. The molecule has 276 valence electrons. The van der Waals surface area contributed by atoms with E-state index in [1.165, 1.54) is 49.0 Å². The van der Waals surface area contributed by atoms with Crippen molar-refractivity contribution in [3.8, 4) is 27.9 Å². The fraction of sp³-hybridized carbons (Fsp3) is 0. The highest BCUT2D eigenvalue weighted by Gasteiger charge is 2.26. The molecular formula is C56H36N2O. The molecule has 0 fully saturated rings. The third-order valence-corrected chi connectivity index (χ3v) is 12.0. The van der Waals surface area contributed by atoms with Crippen molar-refractivity contribution in [2.75, 3.05) is 4.90 Å². The van der Waals surface area contributed by atoms with Crippen LogP contribution in [0.2, 0.25) is 0 Å². The minimum atomic E-state index is 0.862. The van der Waals surface area contributed by atoms with Crippen LogP contribution in [0.3, 0.4) is 0 Å². The van der Waals surface area contributed by atoms with Crippen molar-refractivity contribution >= 4 is 82.4 Å². The van der Waals surface area contributed by atoms with Gasteiger partial charge in [-0.05, 0) is 98.9 Å². The second kappa shape index (κ2) is 13.4. The normalized spacial score (nSPS) is 11.7. The maximum atomic E-state index is 6.92. The van der Waals surface area contributed by atoms with Crippen LogP contribution in [0.5, 0.6) is 0 Å². The van der Waals surface area contributed by atoms with Crippen LogP contribution in [0.25, 0.3) is 93.2 Å². The molecule has 12 rings (SSSR count). The summed E-state index contributed by atoms with van der Waals surface area (Å²) in [4.78, 5) is 2.46. The lowest BCUT2D eigenvalue weighted by atomic mass is 9.97. The number of hydrogen-bond acceptors (Lipinski definition) is 2. The summed E-state index contributed by atoms with van der Waals surface area (Å²) in [7, 11) is 0. The molecule has 0 atom stereocenters. The molecule has 2 aromatic heterocycles. The van der Waals surface area contributed by atoms with Gasteiger partial charge in [-0.25, -0.2) is 0 Å². The molecule has 3 nitrogen and oxygen atoms in total. The molecule has 0 radical (unpaired) electrons. The largest absolute Gasteiger partial charge is 0.455 e. The lowest BCUT2D eigenvalue weighted by Crippen LogP contribution is -2.11. The zero-order valence-electron chi connectivity index (χ0n) is 32.1. The van der Waals surface area contributed by atoms with Gasteiger partial charge in [0.15, 0.2) is 0 Å². The molecule has 59 heavy (non-hydrogen) atoms. The van der Waals surface area contributed by atoms with Gasteiger partial charge in [0, 0.05) is 33.1 Å². The van der Waals surface area contributed by atoms with Gasteiger partial charge in [-0.3, -0.25) is 0 Å². The number of furan rings is 1. The SMILES string of the molecule is c1ccc(-c2ccc(-c3ccc(N(c4ccc5c(ccc6ccccc65)c4)c4cccc5c4c4ccccc4n5-c4ccccc4)c4c3oc3ccccc34)cc2)cc1. The van der Waals surface area contributed by atoms with Crippen molar-refractivity contribution < 1.29 is 4.42 Å². The van der Waals surface area contributed by atoms with Gasteiger partial charge < -0.3 is 13.9 Å². The first-order valence-electron chi connectivity index (χ1n) is 20.2. The molecule has 0 aliphatic rings. The summed E-state index contributed by atoms with van der Waals surface area (Å²) in [6.45, 7) is 0. The predicted molar refractivity (Wildman–Crippen MR) is 249 cm³/mol. The van der Waals surface area contributed by atoms with Gasteiger partial charge in [0.25, 0.3) is 0 Å². The molecule has 3 heteroatoms. The molecule has 0 saturated carbocycles. The van der Waals surface area contributed by atoms with E-state index in [-0.39, 0.29) is 0 Å². The topological polar surface area (TPSA) is 21.3 Å². The molecule has 0 aliphatic carbocycles. The maximum Gasteiger partial charge on any atom is 0.145 e. The zero-order chi connectivity index (χ0) is 38.9. The molecule has 0 bridgehead atoms. The Balaban J connectivity index is 1.15. The number of nitrogens with zero attached hydrogens (tertiary/aromatic N) is 2. The van der Waals surface area contributed by atoms with Crippen molar-refractivity contribution in [2.24, 2.45) is 0 Å². The maximum absolute atomic E-state index is 6.92. The molecule has 0 aliphatic heterocycles. The highest BCUT2D eigenvalue weighted by Crippen LogP contribution is 2.49. The fourth-order valence-electron chi connectivity index (χ4n) is 9.29. The first kappa shape index (κ1) is 33.3. The summed E-state index contributed by atoms with van der Waals surface area (Å²) in [5.41, 5.74) is 12.9. The number of para-hydroxylation sites is 3. The summed E-state index contributed by atoms with van der Waals surface area (Å²) < 4.78 is 9.32. The summed E-state index contributed by atoms with van der Waals surface area (Å²) in [6, 6.07) is 78.7. The summed E-state index contributed by atoms with van der Waals surface area (Å²) in [6.07, 6.45) is 0. The Morgan fingerprint density at radius 3 is 1.85 bits per heavy atom. The minimum Gasteiger partial charge on any atom is -0.455 e. The van der Waals surface area contributed by atoms with E-state index in [1.54, 1.807) is 0 Å². The highest BCUT2D eigenvalue weighted by atomic mass is 16.3. The van der Waals surface area contributed by atoms with E-state index >= 15 is 0 Å². The Morgan fingerprint density at radius 1 is 0.373 bits per heavy atom. The molecular weight excluding hydrogens is 717 g/mol. The monoisotopic (exact) mass is 752 g/mol. The number of hydrogen-bond donors (Lipinski definition) is 0. The molecule has 10 aromatic carbocycles. The number of benzene rings is 10. The molecule has 0 N–H and O–H groups in total. The number of aromatic nitrogens is 1. The molecule has 0 unspecified atom stereocenters. The van der Waals surface area contributed by atoms with Crippen LogP contribution < -0.4 is 4.90 Å². The number of rotatable bonds is 6. The van der Waals surface area contributed by atoms with Gasteiger partial charge in [-0.15, -0.1) is 0 Å². The van der Waals surface area contributed by atoms with Gasteiger partial charge in [0.2, 0.25) is 0 Å². The molecule has 0 saturated heterocycles. The standard InChI is InChI=1S/C56H36N2O/c1-3-14-37(15-4-1)38-26-28-40(29-27-38)46-34-35-52(55-48-21-10-12-25-53(48)59-56(46)55)58(43-32-33-45-41(36-43)31-30-39-16-7-8-19-44(39)45)51-24-13-23-50-54(51)47-20-9-11-22-49(47)57(50)42-17-5-2-6-18-42/h1-36H. The predicted octanol–water partition coefficient (Wildman–Crippen LogP) is 15.8. The van der Waals surface area contributed by atoms with Crippen molar-refractivity contribution in [3.05, 3.63) is 218 Å². The average molecular weight is 753 g/mol. The van der Waals surface area contributed by atoms with Gasteiger partial charge in [-0.2, -0.15) is 0 Å². The lowest BCUT2D eigenvalue weighted by Gasteiger charge is -2.28. The van der Waals surface area contributed by atoms with E-state index in [4.69, 9.17) is 4.42 Å². The Bertz CT molecular complexity index is 3540. The summed E-state index contributed by atoms with van der Waals surface area (Å²) >= 11 is 0. The Hall–Kier alpha value is -7.88. The third kappa shape index (κ3) is 5.29. The third-order valence-electron chi connectivity index (χ3n) is 12.0. The van der Waals surface area contributed by atoms with E-state index in [2.05, 4.69) is 228 Å². The first-order valence-corrected chi connectivity index (χ1v) is 20.2. The average Bonchev–Trinajstić information content (AvgIpc) is 3.87. The second-order valence-corrected chi connectivity index (χ2v) is 15.3. The van der Waals surface area contributed by atoms with Crippen LogP contribution in [0.1, 0.15) is 0 Å². The lowest BCUT2D eigenvalue weighted by molar-refractivity contribution is 0.670. The van der Waals surface area contributed by atoms with Crippen LogP contribution in [0.15, 0.2) is 223 Å². The number of anilines is 3. The smallest absolute Gasteiger partial charge is 0.145 e. The van der Waals surface area contributed by atoms with E-state index in [0.717, 1.165) is 61.3 Å². The van der Waals surface area contributed by atoms with Gasteiger partial charge in [0.05, 0.1) is 27.8 Å². The zero-order valence-corrected chi connectivity index (χ0v) is 32.1. The van der Waals surface area contributed by atoms with E-state index < -0.39 is 0 Å². The Kier molecular flexibility index (Phi) is 7.54. The van der Waals surface area contributed by atoms with Gasteiger partial charge in [-0.1, -0.05) is 158 Å². The van der Waals surface area contributed by atoms with E-state index in [9.17, 15) is 0 Å². The van der Waals surface area contributed by atoms with Crippen LogP contribution in [0, 0.1) is 0 Å². The minimum absolute atomic E-state index is 0.862.